The molecule has 0 saturated heterocycles. The highest BCUT2D eigenvalue weighted by atomic mass is 35.5. The van der Waals surface area contributed by atoms with Gasteiger partial charge in [0.2, 0.25) is 15.9 Å². The standard InChI is InChI=1S/C24H23ClN2O4S/c1-18-10-12-20(13-11-18)32(29,30)26(16-19-6-2-3-7-21(19)25)17-24(28)27-14-15-31-23-9-5-4-8-22(23)27/h2-13H,14-17H2,1H3. The van der Waals surface area contributed by atoms with E-state index >= 15 is 0 Å². The number of carbonyl (C=O) groups excluding carboxylic acids is 1. The Hall–Kier alpha value is -2.87. The van der Waals surface area contributed by atoms with Crippen molar-refractivity contribution >= 4 is 33.2 Å². The highest BCUT2D eigenvalue weighted by Crippen LogP contribution is 2.31. The van der Waals surface area contributed by atoms with E-state index in [4.69, 9.17) is 16.3 Å². The van der Waals surface area contributed by atoms with Gasteiger partial charge in [-0.25, -0.2) is 8.42 Å². The highest BCUT2D eigenvalue weighted by molar-refractivity contribution is 7.89. The maximum absolute atomic E-state index is 13.5. The molecule has 0 radical (unpaired) electrons. The van der Waals surface area contributed by atoms with E-state index in [0.29, 0.717) is 35.2 Å². The third kappa shape index (κ3) is 4.65. The Labute approximate surface area is 193 Å². The number of hydrogen-bond acceptors (Lipinski definition) is 4. The second-order valence-electron chi connectivity index (χ2n) is 7.54. The van der Waals surface area contributed by atoms with Crippen LogP contribution in [0.3, 0.4) is 0 Å². The summed E-state index contributed by atoms with van der Waals surface area (Å²) >= 11 is 6.30. The predicted molar refractivity (Wildman–Crippen MR) is 125 cm³/mol. The smallest absolute Gasteiger partial charge is 0.243 e. The molecular weight excluding hydrogens is 448 g/mol. The summed E-state index contributed by atoms with van der Waals surface area (Å²) in [6, 6.07) is 20.8. The zero-order chi connectivity index (χ0) is 22.7. The van der Waals surface area contributed by atoms with E-state index in [1.807, 2.05) is 19.1 Å². The van der Waals surface area contributed by atoms with Crippen LogP contribution in [-0.4, -0.2) is 38.3 Å². The largest absolute Gasteiger partial charge is 0.490 e. The fraction of sp³-hybridized carbons (Fsp3) is 0.208. The van der Waals surface area contributed by atoms with Crippen LogP contribution in [0.15, 0.2) is 77.7 Å². The summed E-state index contributed by atoms with van der Waals surface area (Å²) in [5.74, 6) is 0.273. The van der Waals surface area contributed by atoms with Gasteiger partial charge < -0.3 is 9.64 Å². The number of sulfonamides is 1. The van der Waals surface area contributed by atoms with Gasteiger partial charge in [0.15, 0.2) is 0 Å². The van der Waals surface area contributed by atoms with Crippen LogP contribution < -0.4 is 9.64 Å². The lowest BCUT2D eigenvalue weighted by Gasteiger charge is -2.31. The first kappa shape index (κ1) is 22.3. The molecule has 0 spiro atoms. The lowest BCUT2D eigenvalue weighted by atomic mass is 10.2. The van der Waals surface area contributed by atoms with E-state index in [2.05, 4.69) is 0 Å². The third-order valence-corrected chi connectivity index (χ3v) is 7.48. The van der Waals surface area contributed by atoms with Crippen molar-refractivity contribution in [2.75, 3.05) is 24.6 Å². The summed E-state index contributed by atoms with van der Waals surface area (Å²) in [5.41, 5.74) is 2.21. The molecule has 1 heterocycles. The SMILES string of the molecule is Cc1ccc(S(=O)(=O)N(CC(=O)N2CCOc3ccccc32)Cc2ccccc2Cl)cc1. The van der Waals surface area contributed by atoms with Crippen molar-refractivity contribution in [3.8, 4) is 5.75 Å². The molecule has 6 nitrogen and oxygen atoms in total. The molecule has 1 aliphatic heterocycles. The van der Waals surface area contributed by atoms with Gasteiger partial charge in [-0.05, 0) is 42.8 Å². The lowest BCUT2D eigenvalue weighted by Crippen LogP contribution is -2.45. The number of anilines is 1. The van der Waals surface area contributed by atoms with Gasteiger partial charge in [0.1, 0.15) is 12.4 Å². The van der Waals surface area contributed by atoms with Crippen LogP contribution in [0.4, 0.5) is 5.69 Å². The minimum Gasteiger partial charge on any atom is -0.490 e. The van der Waals surface area contributed by atoms with E-state index in [1.54, 1.807) is 65.6 Å². The summed E-state index contributed by atoms with van der Waals surface area (Å²) < 4.78 is 33.8. The van der Waals surface area contributed by atoms with Gasteiger partial charge in [-0.15, -0.1) is 0 Å². The monoisotopic (exact) mass is 470 g/mol. The molecule has 1 aliphatic rings. The zero-order valence-electron chi connectivity index (χ0n) is 17.6. The van der Waals surface area contributed by atoms with Gasteiger partial charge in [-0.3, -0.25) is 4.79 Å². The fourth-order valence-corrected chi connectivity index (χ4v) is 5.13. The fourth-order valence-electron chi connectivity index (χ4n) is 3.57. The van der Waals surface area contributed by atoms with Crippen molar-refractivity contribution in [2.45, 2.75) is 18.4 Å². The third-order valence-electron chi connectivity index (χ3n) is 5.30. The number of amides is 1. The average molecular weight is 471 g/mol. The Morgan fingerprint density at radius 2 is 1.72 bits per heavy atom. The van der Waals surface area contributed by atoms with E-state index in [-0.39, 0.29) is 23.9 Å². The van der Waals surface area contributed by atoms with Crippen LogP contribution in [-0.2, 0) is 21.4 Å². The van der Waals surface area contributed by atoms with Gasteiger partial charge in [-0.1, -0.05) is 59.6 Å². The first-order chi connectivity index (χ1) is 15.4. The normalized spacial score (nSPS) is 13.5. The van der Waals surface area contributed by atoms with Crippen molar-refractivity contribution in [3.63, 3.8) is 0 Å². The molecule has 0 aromatic heterocycles. The van der Waals surface area contributed by atoms with E-state index in [1.165, 1.54) is 4.31 Å². The molecule has 0 saturated carbocycles. The molecule has 4 rings (SSSR count). The number of nitrogens with zero attached hydrogens (tertiary/aromatic N) is 2. The molecule has 8 heteroatoms. The summed E-state index contributed by atoms with van der Waals surface area (Å²) in [6.07, 6.45) is 0. The number of para-hydroxylation sites is 2. The van der Waals surface area contributed by atoms with E-state index < -0.39 is 10.0 Å². The Morgan fingerprint density at radius 1 is 1.03 bits per heavy atom. The summed E-state index contributed by atoms with van der Waals surface area (Å²) in [7, 11) is -3.95. The number of rotatable bonds is 6. The number of carbonyl (C=O) groups is 1. The van der Waals surface area contributed by atoms with Crippen LogP contribution in [0.25, 0.3) is 0 Å². The van der Waals surface area contributed by atoms with Crippen LogP contribution in [0.2, 0.25) is 5.02 Å². The minimum atomic E-state index is -3.95. The molecule has 0 N–H and O–H groups in total. The molecule has 166 valence electrons. The van der Waals surface area contributed by atoms with Gasteiger partial charge in [0, 0.05) is 11.6 Å². The van der Waals surface area contributed by atoms with Gasteiger partial charge in [0.05, 0.1) is 23.7 Å². The lowest BCUT2D eigenvalue weighted by molar-refractivity contribution is -0.119. The number of aryl methyl sites for hydroxylation is 1. The van der Waals surface area contributed by atoms with E-state index in [0.717, 1.165) is 5.56 Å². The molecule has 0 bridgehead atoms. The Balaban J connectivity index is 1.67. The van der Waals surface area contributed by atoms with Crippen molar-refractivity contribution in [3.05, 3.63) is 88.9 Å². The van der Waals surface area contributed by atoms with Crippen LogP contribution in [0.5, 0.6) is 5.75 Å². The topological polar surface area (TPSA) is 66.9 Å². The first-order valence-corrected chi connectivity index (χ1v) is 12.0. The van der Waals surface area contributed by atoms with Gasteiger partial charge in [-0.2, -0.15) is 4.31 Å². The predicted octanol–water partition coefficient (Wildman–Crippen LogP) is 4.26. The minimum absolute atomic E-state index is 0.0202. The molecule has 0 unspecified atom stereocenters. The Bertz CT molecular complexity index is 1230. The van der Waals surface area contributed by atoms with Crippen molar-refractivity contribution in [2.24, 2.45) is 0 Å². The molecule has 0 fully saturated rings. The summed E-state index contributed by atoms with van der Waals surface area (Å²) in [4.78, 5) is 15.0. The maximum atomic E-state index is 13.5. The Kier molecular flexibility index (Phi) is 6.50. The molecule has 32 heavy (non-hydrogen) atoms. The van der Waals surface area contributed by atoms with Gasteiger partial charge in [0.25, 0.3) is 0 Å². The number of fused-ring (bicyclic) bond motifs is 1. The molecule has 3 aromatic carbocycles. The molecule has 1 amide bonds. The zero-order valence-corrected chi connectivity index (χ0v) is 19.1. The number of ether oxygens (including phenoxy) is 1. The second kappa shape index (κ2) is 9.32. The van der Waals surface area contributed by atoms with Crippen LogP contribution in [0, 0.1) is 6.92 Å². The second-order valence-corrected chi connectivity index (χ2v) is 9.88. The molecule has 0 aliphatic carbocycles. The van der Waals surface area contributed by atoms with Gasteiger partial charge >= 0.3 is 0 Å². The van der Waals surface area contributed by atoms with Crippen molar-refractivity contribution in [1.29, 1.82) is 0 Å². The van der Waals surface area contributed by atoms with Crippen LogP contribution in [0.1, 0.15) is 11.1 Å². The maximum Gasteiger partial charge on any atom is 0.243 e. The quantitative estimate of drug-likeness (QED) is 0.539. The molecule has 0 atom stereocenters. The van der Waals surface area contributed by atoms with Crippen LogP contribution >= 0.6 is 11.6 Å². The van der Waals surface area contributed by atoms with Crippen molar-refractivity contribution in [1.82, 2.24) is 4.31 Å². The summed E-state index contributed by atoms with van der Waals surface area (Å²) in [6.45, 7) is 2.24. The van der Waals surface area contributed by atoms with Crippen molar-refractivity contribution < 1.29 is 17.9 Å². The van der Waals surface area contributed by atoms with E-state index in [9.17, 15) is 13.2 Å². The number of hydrogen-bond donors (Lipinski definition) is 0. The highest BCUT2D eigenvalue weighted by Gasteiger charge is 2.31. The number of halogens is 1. The summed E-state index contributed by atoms with van der Waals surface area (Å²) in [5, 5.41) is 0.445. The molecular formula is C24H23ClN2O4S. The molecule has 3 aromatic rings. The number of benzene rings is 3. The Morgan fingerprint density at radius 3 is 2.47 bits per heavy atom. The average Bonchev–Trinajstić information content (AvgIpc) is 2.79. The first-order valence-electron chi connectivity index (χ1n) is 10.2.